The zero-order valence-electron chi connectivity index (χ0n) is 15.8. The number of carbonyl (C=O) groups excluding carboxylic acids is 1. The van der Waals surface area contributed by atoms with Gasteiger partial charge in [0.25, 0.3) is 17.0 Å². The number of amides is 1. The van der Waals surface area contributed by atoms with Crippen LogP contribution in [0.3, 0.4) is 0 Å². The summed E-state index contributed by atoms with van der Waals surface area (Å²) in [5.41, 5.74) is -1.86. The first-order valence-corrected chi connectivity index (χ1v) is 9.40. The minimum atomic E-state index is -0.950. The average molecular weight is 411 g/mol. The number of aromatic amines is 1. The molecular formula is C20H18FN5O4. The van der Waals surface area contributed by atoms with Gasteiger partial charge in [-0.15, -0.1) is 0 Å². The Morgan fingerprint density at radius 3 is 2.70 bits per heavy atom. The number of benzene rings is 1. The van der Waals surface area contributed by atoms with Crippen LogP contribution in [0.5, 0.6) is 0 Å². The molecule has 2 aromatic heterocycles. The molecule has 1 saturated carbocycles. The zero-order valence-corrected chi connectivity index (χ0v) is 15.8. The van der Waals surface area contributed by atoms with E-state index in [0.717, 1.165) is 30.8 Å². The van der Waals surface area contributed by atoms with E-state index in [1.165, 1.54) is 35.2 Å². The molecule has 0 bridgehead atoms. The van der Waals surface area contributed by atoms with Gasteiger partial charge in [-0.2, -0.15) is 0 Å². The van der Waals surface area contributed by atoms with Gasteiger partial charge in [0.2, 0.25) is 0 Å². The molecule has 1 amide bonds. The van der Waals surface area contributed by atoms with Gasteiger partial charge in [-0.25, -0.2) is 18.7 Å². The van der Waals surface area contributed by atoms with Crippen molar-refractivity contribution in [3.05, 3.63) is 91.1 Å². The van der Waals surface area contributed by atoms with E-state index < -0.39 is 23.0 Å². The highest BCUT2D eigenvalue weighted by molar-refractivity contribution is 5.93. The molecule has 0 radical (unpaired) electrons. The van der Waals surface area contributed by atoms with Crippen LogP contribution in [0, 0.1) is 5.82 Å². The Morgan fingerprint density at radius 1 is 1.23 bits per heavy atom. The van der Waals surface area contributed by atoms with Crippen LogP contribution in [0.4, 0.5) is 4.39 Å². The lowest BCUT2D eigenvalue weighted by Gasteiger charge is -2.09. The predicted molar refractivity (Wildman–Crippen MR) is 105 cm³/mol. The van der Waals surface area contributed by atoms with Crippen molar-refractivity contribution in [3.8, 4) is 5.69 Å². The highest BCUT2D eigenvalue weighted by atomic mass is 19.1. The Kier molecular flexibility index (Phi) is 5.13. The molecule has 30 heavy (non-hydrogen) atoms. The molecule has 2 heterocycles. The second kappa shape index (κ2) is 7.90. The lowest BCUT2D eigenvalue weighted by molar-refractivity contribution is 0.0949. The number of rotatable bonds is 6. The van der Waals surface area contributed by atoms with Crippen molar-refractivity contribution in [3.63, 3.8) is 0 Å². The van der Waals surface area contributed by atoms with Crippen LogP contribution in [0.15, 0.2) is 57.2 Å². The van der Waals surface area contributed by atoms with Gasteiger partial charge in [-0.3, -0.25) is 19.0 Å². The fraction of sp³-hybridized carbons (Fsp3) is 0.250. The number of halogens is 1. The lowest BCUT2D eigenvalue weighted by atomic mass is 10.2. The molecule has 4 rings (SSSR count). The molecule has 1 aliphatic rings. The summed E-state index contributed by atoms with van der Waals surface area (Å²) in [5, 5.41) is 2.52. The molecule has 0 saturated heterocycles. The first-order chi connectivity index (χ1) is 14.5. The van der Waals surface area contributed by atoms with Crippen molar-refractivity contribution in [1.82, 2.24) is 24.4 Å². The number of H-pyrrole nitrogens is 1. The van der Waals surface area contributed by atoms with E-state index in [9.17, 15) is 23.6 Å². The maximum absolute atomic E-state index is 14.0. The maximum atomic E-state index is 14.0. The van der Waals surface area contributed by atoms with E-state index in [1.807, 2.05) is 0 Å². The predicted octanol–water partition coefficient (Wildman–Crippen LogP) is 0.529. The monoisotopic (exact) mass is 411 g/mol. The number of hydrogen-bond donors (Lipinski definition) is 2. The number of aromatic nitrogens is 4. The Hall–Kier alpha value is -3.82. The molecule has 1 aliphatic carbocycles. The number of nitrogens with one attached hydrogen (secondary N) is 2. The number of para-hydroxylation sites is 1. The average Bonchev–Trinajstić information content (AvgIpc) is 3.56. The Bertz CT molecular complexity index is 1290. The van der Waals surface area contributed by atoms with E-state index in [-0.39, 0.29) is 29.9 Å². The minimum absolute atomic E-state index is 0.0570. The maximum Gasteiger partial charge on any atom is 0.333 e. The Balaban J connectivity index is 1.50. The van der Waals surface area contributed by atoms with Crippen LogP contribution < -0.4 is 22.1 Å². The number of nitrogens with zero attached hydrogens (tertiary/aromatic N) is 3. The van der Waals surface area contributed by atoms with Crippen molar-refractivity contribution >= 4 is 5.91 Å². The van der Waals surface area contributed by atoms with Gasteiger partial charge >= 0.3 is 5.69 Å². The van der Waals surface area contributed by atoms with E-state index in [4.69, 9.17) is 0 Å². The van der Waals surface area contributed by atoms with Crippen molar-refractivity contribution in [2.45, 2.75) is 25.3 Å². The summed E-state index contributed by atoms with van der Waals surface area (Å²) in [6, 6.07) is 6.75. The first-order valence-electron chi connectivity index (χ1n) is 9.40. The van der Waals surface area contributed by atoms with Crippen LogP contribution >= 0.6 is 0 Å². The molecular weight excluding hydrogens is 393 g/mol. The van der Waals surface area contributed by atoms with E-state index in [1.54, 1.807) is 0 Å². The smallest absolute Gasteiger partial charge is 0.333 e. The van der Waals surface area contributed by atoms with E-state index in [0.29, 0.717) is 10.5 Å². The van der Waals surface area contributed by atoms with Gasteiger partial charge in [0, 0.05) is 31.3 Å². The second-order valence-electron chi connectivity index (χ2n) is 6.98. The largest absolute Gasteiger partial charge is 0.350 e. The van der Waals surface area contributed by atoms with Gasteiger partial charge in [0.1, 0.15) is 11.4 Å². The van der Waals surface area contributed by atoms with Crippen molar-refractivity contribution in [1.29, 1.82) is 0 Å². The Labute approximate surface area is 168 Å². The first kappa shape index (κ1) is 19.5. The van der Waals surface area contributed by atoms with Crippen LogP contribution in [-0.2, 0) is 6.54 Å². The van der Waals surface area contributed by atoms with Gasteiger partial charge in [0.05, 0.1) is 17.7 Å². The van der Waals surface area contributed by atoms with Crippen molar-refractivity contribution in [2.75, 3.05) is 6.54 Å². The van der Waals surface area contributed by atoms with Gasteiger partial charge in [0.15, 0.2) is 0 Å². The molecule has 1 fully saturated rings. The van der Waals surface area contributed by atoms with E-state index >= 15 is 0 Å². The molecule has 0 aliphatic heterocycles. The number of hydrogen-bond acceptors (Lipinski definition) is 5. The van der Waals surface area contributed by atoms with Gasteiger partial charge in [-0.05, 0) is 25.0 Å². The van der Waals surface area contributed by atoms with Crippen molar-refractivity contribution in [2.24, 2.45) is 0 Å². The van der Waals surface area contributed by atoms with Crippen LogP contribution in [0.2, 0.25) is 0 Å². The fourth-order valence-electron chi connectivity index (χ4n) is 3.08. The third-order valence-corrected chi connectivity index (χ3v) is 4.85. The standard InChI is InChI=1S/C20H18FN5O4/c21-14-3-1-2-4-16(14)26-19(29)13(10-23-20(26)30)18(28)22-7-8-25-11-24-15(9-17(25)27)12-5-6-12/h1-4,9-12H,5-8H2,(H,22,28)(H,23,30). The lowest BCUT2D eigenvalue weighted by Crippen LogP contribution is -2.40. The summed E-state index contributed by atoms with van der Waals surface area (Å²) < 4.78 is 15.9. The highest BCUT2D eigenvalue weighted by Crippen LogP contribution is 2.38. The normalized spacial score (nSPS) is 13.2. The molecule has 10 heteroatoms. The van der Waals surface area contributed by atoms with Crippen LogP contribution in [0.1, 0.15) is 34.8 Å². The number of carbonyl (C=O) groups is 1. The third-order valence-electron chi connectivity index (χ3n) is 4.85. The fourth-order valence-corrected chi connectivity index (χ4v) is 3.08. The topological polar surface area (TPSA) is 119 Å². The Morgan fingerprint density at radius 2 is 2.00 bits per heavy atom. The molecule has 0 unspecified atom stereocenters. The SMILES string of the molecule is O=C(NCCn1cnc(C2CC2)cc1=O)c1c[nH]c(=O)n(-c2ccccc2F)c1=O. The molecule has 1 aromatic carbocycles. The van der Waals surface area contributed by atoms with Gasteiger partial charge < -0.3 is 10.3 Å². The summed E-state index contributed by atoms with van der Waals surface area (Å²) >= 11 is 0. The highest BCUT2D eigenvalue weighted by Gasteiger charge is 2.25. The van der Waals surface area contributed by atoms with E-state index in [2.05, 4.69) is 15.3 Å². The second-order valence-corrected chi connectivity index (χ2v) is 6.98. The van der Waals surface area contributed by atoms with Gasteiger partial charge in [-0.1, -0.05) is 12.1 Å². The summed E-state index contributed by atoms with van der Waals surface area (Å²) in [6.07, 6.45) is 4.50. The summed E-state index contributed by atoms with van der Waals surface area (Å²) in [4.78, 5) is 55.8. The third kappa shape index (κ3) is 3.84. The molecule has 0 atom stereocenters. The molecule has 154 valence electrons. The van der Waals surface area contributed by atoms with Crippen LogP contribution in [0.25, 0.3) is 5.69 Å². The summed E-state index contributed by atoms with van der Waals surface area (Å²) in [6.45, 7) is 0.217. The minimum Gasteiger partial charge on any atom is -0.350 e. The van der Waals surface area contributed by atoms with Crippen LogP contribution in [-0.4, -0.2) is 31.6 Å². The summed E-state index contributed by atoms with van der Waals surface area (Å²) in [7, 11) is 0. The molecule has 9 nitrogen and oxygen atoms in total. The molecule has 0 spiro atoms. The molecule has 2 N–H and O–H groups in total. The zero-order chi connectivity index (χ0) is 21.3. The quantitative estimate of drug-likeness (QED) is 0.613. The van der Waals surface area contributed by atoms with Crippen molar-refractivity contribution < 1.29 is 9.18 Å². The summed E-state index contributed by atoms with van der Waals surface area (Å²) in [5.74, 6) is -1.16. The molecule has 3 aromatic rings.